The van der Waals surface area contributed by atoms with Crippen molar-refractivity contribution in [3.05, 3.63) is 23.3 Å². The average molecular weight is 794 g/mol. The lowest BCUT2D eigenvalue weighted by Crippen LogP contribution is -2.66. The average Bonchev–Trinajstić information content (AvgIpc) is 3.18. The molecule has 2 saturated heterocycles. The third-order valence-corrected chi connectivity index (χ3v) is 13.1. The minimum Gasteiger partial charge on any atom is -0.456 e. The standard InChI is InChI=1S/C43H71NO12/c1-10-30-18-24(2)17-25(3)19-36(53-8)39-37(54-9)21-27(5)43(51,56-39)40(48)41(49)44-16-12-11-13-31(44)42(50)55-38(28(6)33(46)23-34(30)47)26(4)20-29-14-15-32(45)35(22-29)52-7/h18,20,25,27-33,35-40,45-46,48,51H,10-17,19,21-23H2,1-9H3/b24-18+,26-20+/t25-,27+,28+,29-,30+,31-,32+,33-,35+,36-,37-,38+,39+,40?,43+/m0/s1. The molecule has 2 bridgehead atoms. The van der Waals surface area contributed by atoms with Crippen molar-refractivity contribution in [1.29, 1.82) is 0 Å². The number of carbonyl (C=O) groups is 3. The minimum absolute atomic E-state index is 0.0125. The van der Waals surface area contributed by atoms with Gasteiger partial charge >= 0.3 is 5.97 Å². The van der Waals surface area contributed by atoms with E-state index in [0.29, 0.717) is 56.9 Å². The van der Waals surface area contributed by atoms with Gasteiger partial charge < -0.3 is 49.0 Å². The summed E-state index contributed by atoms with van der Waals surface area (Å²) in [6.07, 6.45) is 2.19. The van der Waals surface area contributed by atoms with Gasteiger partial charge in [-0.05, 0) is 95.5 Å². The number of aliphatic hydroxyl groups excluding tert-OH is 3. The number of ether oxygens (including phenoxy) is 5. The lowest BCUT2D eigenvalue weighted by Gasteiger charge is -2.49. The summed E-state index contributed by atoms with van der Waals surface area (Å²) >= 11 is 0. The van der Waals surface area contributed by atoms with E-state index in [4.69, 9.17) is 23.7 Å². The Morgan fingerprint density at radius 1 is 0.911 bits per heavy atom. The third kappa shape index (κ3) is 10.9. The largest absolute Gasteiger partial charge is 0.456 e. The number of piperidine rings is 1. The summed E-state index contributed by atoms with van der Waals surface area (Å²) in [4.78, 5) is 43.7. The molecular weight excluding hydrogens is 722 g/mol. The van der Waals surface area contributed by atoms with Gasteiger partial charge in [0.05, 0.1) is 30.5 Å². The quantitative estimate of drug-likeness (QED) is 0.222. The van der Waals surface area contributed by atoms with Crippen LogP contribution in [0.25, 0.3) is 0 Å². The van der Waals surface area contributed by atoms with Gasteiger partial charge in [0.25, 0.3) is 5.91 Å². The predicted molar refractivity (Wildman–Crippen MR) is 209 cm³/mol. The summed E-state index contributed by atoms with van der Waals surface area (Å²) in [6.45, 7) is 11.4. The number of nitrogens with zero attached hydrogens (tertiary/aromatic N) is 1. The molecule has 1 amide bonds. The van der Waals surface area contributed by atoms with Crippen molar-refractivity contribution < 1.29 is 58.5 Å². The molecule has 1 saturated carbocycles. The van der Waals surface area contributed by atoms with Gasteiger partial charge in [0.15, 0.2) is 6.10 Å². The van der Waals surface area contributed by atoms with Crippen molar-refractivity contribution in [2.45, 2.75) is 173 Å². The number of rotatable bonds is 6. The molecule has 0 spiro atoms. The topological polar surface area (TPSA) is 182 Å². The number of methoxy groups -OCH3 is 3. The number of hydrogen-bond donors (Lipinski definition) is 4. The Hall–Kier alpha value is -2.23. The van der Waals surface area contributed by atoms with Gasteiger partial charge in [0.2, 0.25) is 5.79 Å². The Bertz CT molecular complexity index is 1390. The molecule has 4 N–H and O–H groups in total. The molecule has 3 aliphatic heterocycles. The monoisotopic (exact) mass is 793 g/mol. The highest BCUT2D eigenvalue weighted by Crippen LogP contribution is 2.40. The highest BCUT2D eigenvalue weighted by Gasteiger charge is 2.56. The first-order valence-electron chi connectivity index (χ1n) is 20.9. The Labute approximate surface area is 334 Å². The molecule has 13 nitrogen and oxygen atoms in total. The normalized spacial score (nSPS) is 42.9. The molecule has 0 aromatic rings. The van der Waals surface area contributed by atoms with Crippen molar-refractivity contribution in [2.75, 3.05) is 27.9 Å². The zero-order valence-electron chi connectivity index (χ0n) is 35.2. The molecule has 0 radical (unpaired) electrons. The molecule has 1 unspecified atom stereocenters. The number of esters is 1. The molecule has 0 aromatic heterocycles. The van der Waals surface area contributed by atoms with E-state index in [2.05, 4.69) is 6.92 Å². The second-order valence-corrected chi connectivity index (χ2v) is 17.3. The molecule has 320 valence electrons. The van der Waals surface area contributed by atoms with Crippen molar-refractivity contribution in [3.63, 3.8) is 0 Å². The number of ketones is 1. The summed E-state index contributed by atoms with van der Waals surface area (Å²) < 4.78 is 29.9. The van der Waals surface area contributed by atoms with Gasteiger partial charge in [0, 0.05) is 52.0 Å². The summed E-state index contributed by atoms with van der Waals surface area (Å²) in [5, 5.41) is 46.0. The smallest absolute Gasteiger partial charge is 0.329 e. The number of carbonyl (C=O) groups excluding carboxylic acids is 3. The molecule has 1 aliphatic carbocycles. The highest BCUT2D eigenvalue weighted by molar-refractivity contribution is 5.88. The number of amides is 1. The van der Waals surface area contributed by atoms with Crippen molar-refractivity contribution >= 4 is 17.7 Å². The zero-order valence-corrected chi connectivity index (χ0v) is 35.2. The number of Topliss-reactive ketones (excluding diaryl/α,β-unsaturated/α-hetero) is 1. The van der Waals surface area contributed by atoms with Crippen LogP contribution >= 0.6 is 0 Å². The third-order valence-electron chi connectivity index (χ3n) is 13.1. The van der Waals surface area contributed by atoms with Gasteiger partial charge in [-0.1, -0.05) is 45.4 Å². The second-order valence-electron chi connectivity index (χ2n) is 17.3. The van der Waals surface area contributed by atoms with Gasteiger partial charge in [-0.3, -0.25) is 9.59 Å². The van der Waals surface area contributed by atoms with Gasteiger partial charge in [-0.15, -0.1) is 0 Å². The second kappa shape index (κ2) is 20.6. The minimum atomic E-state index is -2.31. The van der Waals surface area contributed by atoms with E-state index >= 15 is 0 Å². The van der Waals surface area contributed by atoms with Gasteiger partial charge in [-0.25, -0.2) is 4.79 Å². The molecule has 56 heavy (non-hydrogen) atoms. The lowest BCUT2D eigenvalue weighted by molar-refractivity contribution is -0.346. The molecule has 15 atom stereocenters. The fraction of sp³-hybridized carbons (Fsp3) is 0.837. The Balaban J connectivity index is 1.76. The van der Waals surface area contributed by atoms with Crippen molar-refractivity contribution in [1.82, 2.24) is 4.90 Å². The molecule has 3 fully saturated rings. The lowest BCUT2D eigenvalue weighted by atomic mass is 9.81. The summed E-state index contributed by atoms with van der Waals surface area (Å²) in [7, 11) is 4.68. The van der Waals surface area contributed by atoms with E-state index in [1.54, 1.807) is 35.2 Å². The Morgan fingerprint density at radius 2 is 1.57 bits per heavy atom. The van der Waals surface area contributed by atoms with Gasteiger partial charge in [0.1, 0.15) is 24.0 Å². The first kappa shape index (κ1) is 46.5. The number of hydrogen-bond acceptors (Lipinski definition) is 12. The molecule has 3 heterocycles. The summed E-state index contributed by atoms with van der Waals surface area (Å²) in [5.74, 6) is -5.73. The Morgan fingerprint density at radius 3 is 2.21 bits per heavy atom. The van der Waals surface area contributed by atoms with Crippen molar-refractivity contribution in [3.8, 4) is 0 Å². The first-order valence-corrected chi connectivity index (χ1v) is 20.9. The summed E-state index contributed by atoms with van der Waals surface area (Å²) in [6, 6.07) is -1.07. The van der Waals surface area contributed by atoms with E-state index in [-0.39, 0.29) is 49.5 Å². The van der Waals surface area contributed by atoms with Crippen LogP contribution in [0.1, 0.15) is 112 Å². The van der Waals surface area contributed by atoms with Crippen LogP contribution in [0.5, 0.6) is 0 Å². The van der Waals surface area contributed by atoms with Crippen LogP contribution in [0.4, 0.5) is 0 Å². The van der Waals surface area contributed by atoms with E-state index in [0.717, 1.165) is 5.57 Å². The molecular formula is C43H71NO12. The molecule has 13 heteroatoms. The van der Waals surface area contributed by atoms with Crippen LogP contribution < -0.4 is 0 Å². The van der Waals surface area contributed by atoms with Crippen LogP contribution in [-0.4, -0.2) is 132 Å². The first-order chi connectivity index (χ1) is 26.5. The maximum atomic E-state index is 14.3. The number of fused-ring (bicyclic) bond motifs is 3. The van der Waals surface area contributed by atoms with E-state index in [1.165, 1.54) is 4.90 Å². The van der Waals surface area contributed by atoms with Crippen LogP contribution in [0, 0.1) is 29.6 Å². The molecule has 4 aliphatic rings. The highest BCUT2D eigenvalue weighted by atomic mass is 16.7. The zero-order chi connectivity index (χ0) is 41.5. The van der Waals surface area contributed by atoms with E-state index in [1.807, 2.05) is 32.9 Å². The maximum Gasteiger partial charge on any atom is 0.329 e. The van der Waals surface area contributed by atoms with E-state index in [9.17, 15) is 34.8 Å². The van der Waals surface area contributed by atoms with Crippen LogP contribution in [0.2, 0.25) is 0 Å². The fourth-order valence-electron chi connectivity index (χ4n) is 9.54. The Kier molecular flexibility index (Phi) is 17.1. The van der Waals surface area contributed by atoms with Crippen LogP contribution in [0.3, 0.4) is 0 Å². The maximum absolute atomic E-state index is 14.3. The summed E-state index contributed by atoms with van der Waals surface area (Å²) in [5.41, 5.74) is 1.69. The van der Waals surface area contributed by atoms with E-state index < -0.39 is 84.2 Å². The number of aliphatic hydroxyl groups is 4. The number of allylic oxidation sites excluding steroid dienone is 3. The van der Waals surface area contributed by atoms with Gasteiger partial charge in [-0.2, -0.15) is 0 Å². The predicted octanol–water partition coefficient (Wildman–Crippen LogP) is 4.26. The fourth-order valence-corrected chi connectivity index (χ4v) is 9.54. The van der Waals surface area contributed by atoms with Crippen molar-refractivity contribution in [2.24, 2.45) is 29.6 Å². The number of cyclic esters (lactones) is 1. The van der Waals surface area contributed by atoms with Crippen LogP contribution in [-0.2, 0) is 38.1 Å². The molecule has 4 rings (SSSR count). The molecule has 0 aromatic carbocycles. The van der Waals surface area contributed by atoms with Crippen LogP contribution in [0.15, 0.2) is 23.3 Å². The SMILES string of the molecule is CC[C@@H]1/C=C(\C)C[C@H](C)C[C@H](OC)[C@H]2O[C@@](O)(C(O)C(=O)N3CCCC[C@H]3C(=O)O[C@H](/C(C)=C/[C@@H]3CC[C@@H](O)[C@H](OC)C3)[C@H](C)[C@@H](O)CC1=O)[C@H](C)C[C@@H]2OC.